The van der Waals surface area contributed by atoms with Gasteiger partial charge in [-0.15, -0.1) is 0 Å². The number of halogens is 2. The SMILES string of the molecule is O=C(c1ccco1)N(C1CC1)[C@@H](Cc1ccccc1)C1CCN(Cc2cc(F)ccc2F)CC1. The first-order valence-electron chi connectivity index (χ1n) is 12.1. The van der Waals surface area contributed by atoms with Gasteiger partial charge in [-0.25, -0.2) is 8.78 Å². The standard InChI is InChI=1S/C28H30F2N2O2/c29-23-8-11-25(30)22(18-23)19-31-14-12-21(13-15-31)26(17-20-5-2-1-3-6-20)32(24-9-10-24)28(33)27-7-4-16-34-27/h1-8,11,16,18,21,24,26H,9-10,12-15,17,19H2/t26-/m0/s1. The highest BCUT2D eigenvalue weighted by Crippen LogP contribution is 2.36. The zero-order valence-electron chi connectivity index (χ0n) is 19.2. The number of piperidine rings is 1. The molecule has 1 atom stereocenters. The van der Waals surface area contributed by atoms with Gasteiger partial charge in [-0.3, -0.25) is 9.69 Å². The zero-order valence-corrected chi connectivity index (χ0v) is 19.2. The molecule has 0 bridgehead atoms. The summed E-state index contributed by atoms with van der Waals surface area (Å²) < 4.78 is 33.2. The van der Waals surface area contributed by atoms with Gasteiger partial charge in [-0.2, -0.15) is 0 Å². The molecule has 2 aromatic carbocycles. The third-order valence-corrected chi connectivity index (χ3v) is 7.13. The fourth-order valence-corrected chi connectivity index (χ4v) is 5.22. The molecule has 178 valence electrons. The van der Waals surface area contributed by atoms with Gasteiger partial charge < -0.3 is 9.32 Å². The predicted molar refractivity (Wildman–Crippen MR) is 126 cm³/mol. The number of likely N-dealkylation sites (tertiary alicyclic amines) is 1. The Morgan fingerprint density at radius 3 is 2.44 bits per heavy atom. The summed E-state index contributed by atoms with van der Waals surface area (Å²) in [6.07, 6.45) is 6.21. The van der Waals surface area contributed by atoms with E-state index < -0.39 is 5.82 Å². The molecule has 1 aliphatic carbocycles. The summed E-state index contributed by atoms with van der Waals surface area (Å²) in [4.78, 5) is 17.7. The number of rotatable bonds is 8. The van der Waals surface area contributed by atoms with Gasteiger partial charge in [0.05, 0.1) is 6.26 Å². The maximum Gasteiger partial charge on any atom is 0.290 e. The van der Waals surface area contributed by atoms with Crippen LogP contribution in [0.3, 0.4) is 0 Å². The molecular weight excluding hydrogens is 434 g/mol. The smallest absolute Gasteiger partial charge is 0.290 e. The largest absolute Gasteiger partial charge is 0.459 e. The van der Waals surface area contributed by atoms with Crippen LogP contribution in [0.2, 0.25) is 0 Å². The fourth-order valence-electron chi connectivity index (χ4n) is 5.22. The van der Waals surface area contributed by atoms with Crippen LogP contribution in [0.25, 0.3) is 0 Å². The van der Waals surface area contributed by atoms with Crippen molar-refractivity contribution < 1.29 is 18.0 Å². The van der Waals surface area contributed by atoms with Crippen molar-refractivity contribution in [2.45, 2.75) is 50.7 Å². The summed E-state index contributed by atoms with van der Waals surface area (Å²) in [6, 6.07) is 17.8. The number of carbonyl (C=O) groups excluding carboxylic acids is 1. The van der Waals surface area contributed by atoms with Crippen molar-refractivity contribution >= 4 is 5.91 Å². The monoisotopic (exact) mass is 464 g/mol. The summed E-state index contributed by atoms with van der Waals surface area (Å²) >= 11 is 0. The van der Waals surface area contributed by atoms with Gasteiger partial charge >= 0.3 is 0 Å². The van der Waals surface area contributed by atoms with E-state index in [0.29, 0.717) is 23.8 Å². The fraction of sp³-hybridized carbons (Fsp3) is 0.393. The molecular formula is C28H30F2N2O2. The van der Waals surface area contributed by atoms with E-state index in [1.807, 2.05) is 18.2 Å². The Labute approximate surface area is 199 Å². The van der Waals surface area contributed by atoms with E-state index in [9.17, 15) is 13.6 Å². The lowest BCUT2D eigenvalue weighted by molar-refractivity contribution is 0.0453. The third-order valence-electron chi connectivity index (χ3n) is 7.13. The summed E-state index contributed by atoms with van der Waals surface area (Å²) in [7, 11) is 0. The Kier molecular flexibility index (Phi) is 6.77. The lowest BCUT2D eigenvalue weighted by Gasteiger charge is -2.41. The quantitative estimate of drug-likeness (QED) is 0.430. The van der Waals surface area contributed by atoms with Crippen molar-refractivity contribution in [2.75, 3.05) is 13.1 Å². The molecule has 1 aliphatic heterocycles. The van der Waals surface area contributed by atoms with Crippen LogP contribution in [0.5, 0.6) is 0 Å². The minimum atomic E-state index is -0.411. The molecule has 3 aromatic rings. The first-order chi connectivity index (χ1) is 16.6. The minimum absolute atomic E-state index is 0.0299. The number of nitrogens with zero attached hydrogens (tertiary/aromatic N) is 2. The Morgan fingerprint density at radius 2 is 1.76 bits per heavy atom. The Bertz CT molecular complexity index is 1090. The second-order valence-corrected chi connectivity index (χ2v) is 9.53. The van der Waals surface area contributed by atoms with Crippen LogP contribution >= 0.6 is 0 Å². The van der Waals surface area contributed by atoms with Crippen LogP contribution in [0.4, 0.5) is 8.78 Å². The number of hydrogen-bond donors (Lipinski definition) is 0. The van der Waals surface area contributed by atoms with E-state index in [1.165, 1.54) is 17.7 Å². The van der Waals surface area contributed by atoms with Gasteiger partial charge in [-0.1, -0.05) is 30.3 Å². The number of furan rings is 1. The van der Waals surface area contributed by atoms with Crippen LogP contribution in [0.15, 0.2) is 71.3 Å². The maximum absolute atomic E-state index is 14.2. The molecule has 1 aromatic heterocycles. The van der Waals surface area contributed by atoms with Crippen molar-refractivity contribution in [3.05, 3.63) is 95.4 Å². The van der Waals surface area contributed by atoms with Crippen molar-refractivity contribution in [1.82, 2.24) is 9.80 Å². The molecule has 0 spiro atoms. The third kappa shape index (κ3) is 5.22. The van der Waals surface area contributed by atoms with Gasteiger partial charge in [-0.05, 0) is 87.0 Å². The lowest BCUT2D eigenvalue weighted by atomic mass is 9.84. The average Bonchev–Trinajstić information content (AvgIpc) is 3.53. The highest BCUT2D eigenvalue weighted by Gasteiger charge is 2.42. The highest BCUT2D eigenvalue weighted by molar-refractivity contribution is 5.92. The van der Waals surface area contributed by atoms with Gasteiger partial charge in [0.1, 0.15) is 11.6 Å². The second-order valence-electron chi connectivity index (χ2n) is 9.53. The number of amides is 1. The first-order valence-corrected chi connectivity index (χ1v) is 12.1. The number of hydrogen-bond acceptors (Lipinski definition) is 3. The topological polar surface area (TPSA) is 36.7 Å². The maximum atomic E-state index is 14.2. The molecule has 4 nitrogen and oxygen atoms in total. The van der Waals surface area contributed by atoms with E-state index in [4.69, 9.17) is 4.42 Å². The molecule has 1 amide bonds. The predicted octanol–water partition coefficient (Wildman–Crippen LogP) is 5.69. The molecule has 2 fully saturated rings. The molecule has 5 rings (SSSR count). The molecule has 1 saturated heterocycles. The highest BCUT2D eigenvalue weighted by atomic mass is 19.1. The van der Waals surface area contributed by atoms with Crippen LogP contribution in [-0.4, -0.2) is 40.9 Å². The lowest BCUT2D eigenvalue weighted by Crippen LogP contribution is -2.50. The molecule has 34 heavy (non-hydrogen) atoms. The van der Waals surface area contributed by atoms with Crippen LogP contribution in [0, 0.1) is 17.6 Å². The van der Waals surface area contributed by atoms with Crippen molar-refractivity contribution in [1.29, 1.82) is 0 Å². The van der Waals surface area contributed by atoms with E-state index in [-0.39, 0.29) is 23.8 Å². The summed E-state index contributed by atoms with van der Waals surface area (Å²) in [6.45, 7) is 1.98. The minimum Gasteiger partial charge on any atom is -0.459 e. The Balaban J connectivity index is 1.33. The van der Waals surface area contributed by atoms with Crippen molar-refractivity contribution in [3.8, 4) is 0 Å². The molecule has 2 heterocycles. The summed E-state index contributed by atoms with van der Waals surface area (Å²) in [5.74, 6) is -0.0878. The van der Waals surface area contributed by atoms with Gasteiger partial charge in [0.2, 0.25) is 0 Å². The van der Waals surface area contributed by atoms with Crippen LogP contribution in [0.1, 0.15) is 47.4 Å². The molecule has 1 saturated carbocycles. The molecule has 2 aliphatic rings. The van der Waals surface area contributed by atoms with Crippen molar-refractivity contribution in [3.63, 3.8) is 0 Å². The first kappa shape index (κ1) is 22.8. The van der Waals surface area contributed by atoms with Crippen molar-refractivity contribution in [2.24, 2.45) is 5.92 Å². The average molecular weight is 465 g/mol. The van der Waals surface area contributed by atoms with E-state index >= 15 is 0 Å². The Morgan fingerprint density at radius 1 is 1.00 bits per heavy atom. The van der Waals surface area contributed by atoms with Crippen LogP contribution in [-0.2, 0) is 13.0 Å². The molecule has 0 radical (unpaired) electrons. The normalized spacial score (nSPS) is 18.1. The summed E-state index contributed by atoms with van der Waals surface area (Å²) in [5.41, 5.74) is 1.61. The van der Waals surface area contributed by atoms with Gasteiger partial charge in [0.15, 0.2) is 5.76 Å². The van der Waals surface area contributed by atoms with E-state index in [0.717, 1.165) is 51.3 Å². The van der Waals surface area contributed by atoms with E-state index in [2.05, 4.69) is 21.9 Å². The van der Waals surface area contributed by atoms with Gasteiger partial charge in [0, 0.05) is 24.2 Å². The van der Waals surface area contributed by atoms with Gasteiger partial charge in [0.25, 0.3) is 5.91 Å². The Hall–Kier alpha value is -2.99. The van der Waals surface area contributed by atoms with Crippen LogP contribution < -0.4 is 0 Å². The second kappa shape index (κ2) is 10.1. The molecule has 0 unspecified atom stereocenters. The van der Waals surface area contributed by atoms with E-state index in [1.54, 1.807) is 18.4 Å². The summed E-state index contributed by atoms with van der Waals surface area (Å²) in [5, 5.41) is 0. The number of benzene rings is 2. The zero-order chi connectivity index (χ0) is 23.5. The molecule has 0 N–H and O–H groups in total. The number of carbonyl (C=O) groups is 1. The molecule has 6 heteroatoms.